The summed E-state index contributed by atoms with van der Waals surface area (Å²) in [4.78, 5) is -1.40. The summed E-state index contributed by atoms with van der Waals surface area (Å²) in [5, 5.41) is 3.02. The van der Waals surface area contributed by atoms with Gasteiger partial charge in [-0.1, -0.05) is 36.9 Å². The highest BCUT2D eigenvalue weighted by atomic mass is 32.3. The molecular weight excluding hydrogens is 512 g/mol. The lowest BCUT2D eigenvalue weighted by Gasteiger charge is -2.31. The largest absolute Gasteiger partial charge is 0.470 e. The summed E-state index contributed by atoms with van der Waals surface area (Å²) in [6, 6.07) is 2.59. The van der Waals surface area contributed by atoms with Crippen LogP contribution in [0.5, 0.6) is 0 Å². The summed E-state index contributed by atoms with van der Waals surface area (Å²) in [6.07, 6.45) is 9.12. The lowest BCUT2D eigenvalue weighted by Crippen LogP contribution is -2.43. The van der Waals surface area contributed by atoms with Gasteiger partial charge in [0.2, 0.25) is 0 Å². The minimum absolute atomic E-state index is 0.169. The Bertz CT molecular complexity index is 1140. The van der Waals surface area contributed by atoms with E-state index in [2.05, 4.69) is 18.0 Å². The predicted molar refractivity (Wildman–Crippen MR) is 103 cm³/mol. The second-order valence-electron chi connectivity index (χ2n) is 5.62. The number of hydrogen-bond acceptors (Lipinski definition) is 7. The van der Waals surface area contributed by atoms with Crippen LogP contribution in [0.1, 0.15) is 5.56 Å². The molecule has 0 radical (unpaired) electrons. The van der Waals surface area contributed by atoms with Gasteiger partial charge in [-0.3, -0.25) is 25.3 Å². The Morgan fingerprint density at radius 3 is 1.56 bits per heavy atom. The van der Waals surface area contributed by atoms with E-state index in [-0.39, 0.29) is 5.56 Å². The van der Waals surface area contributed by atoms with Gasteiger partial charge in [0.25, 0.3) is 0 Å². The van der Waals surface area contributed by atoms with Gasteiger partial charge in [0, 0.05) is 11.4 Å². The van der Waals surface area contributed by atoms with Crippen molar-refractivity contribution in [2.75, 3.05) is 6.54 Å². The smallest absolute Gasteiger partial charge is 0.387 e. The van der Waals surface area contributed by atoms with Gasteiger partial charge >= 0.3 is 11.0 Å². The number of rotatable bonds is 5. The summed E-state index contributed by atoms with van der Waals surface area (Å²) >= 11 is 0. The third-order valence-electron chi connectivity index (χ3n) is 3.39. The van der Waals surface area contributed by atoms with E-state index in [1.807, 2.05) is 18.4 Å². The second-order valence-corrected chi connectivity index (χ2v) is 12.0. The van der Waals surface area contributed by atoms with Gasteiger partial charge in [-0.2, -0.15) is 26.3 Å². The molecule has 2 rings (SSSR count). The van der Waals surface area contributed by atoms with Gasteiger partial charge in [0.05, 0.1) is 13.8 Å². The lowest BCUT2D eigenvalue weighted by molar-refractivity contribution is -0.0449. The first-order chi connectivity index (χ1) is 14.4. The van der Waals surface area contributed by atoms with E-state index in [9.17, 15) is 51.6 Å². The standard InChI is InChI=1S/C11H7F6O6S3.C5H7N/c1-2-7-3-5-8(6-4-7)24(18,19)9(25(20,21)10(12,13)14)26(22,23)11(15,16)17;1-2-4-6-5-3-1/h2-6H,1H2;1-4,6H,5H2/q-1;. The number of sulfone groups is 3. The first-order valence-corrected chi connectivity index (χ1v) is 12.4. The van der Waals surface area contributed by atoms with Crippen molar-refractivity contribution >= 4 is 35.6 Å². The highest BCUT2D eigenvalue weighted by Crippen LogP contribution is 2.45. The molecule has 1 heterocycles. The first-order valence-electron chi connectivity index (χ1n) is 7.93. The molecule has 0 spiro atoms. The third kappa shape index (κ3) is 5.92. The maximum absolute atomic E-state index is 12.6. The summed E-state index contributed by atoms with van der Waals surface area (Å²) in [7, 11) is -21.0. The molecule has 32 heavy (non-hydrogen) atoms. The molecule has 0 aliphatic carbocycles. The molecule has 0 amide bonds. The summed E-state index contributed by atoms with van der Waals surface area (Å²) in [6.45, 7) is 4.24. The SMILES string of the molecule is C1=CCNC=C1.C=Cc1ccc(S(=O)(=O)[C-](S(=O)(=O)C(F)(F)F)S(=O)(=O)C(F)(F)F)cc1. The molecule has 0 bridgehead atoms. The molecule has 1 aliphatic heterocycles. The Labute approximate surface area is 179 Å². The zero-order chi connectivity index (χ0) is 25.0. The average Bonchev–Trinajstić information content (AvgIpc) is 2.67. The minimum Gasteiger partial charge on any atom is -0.387 e. The number of halogens is 6. The van der Waals surface area contributed by atoms with Crippen molar-refractivity contribution in [3.63, 3.8) is 0 Å². The fourth-order valence-corrected chi connectivity index (χ4v) is 8.15. The van der Waals surface area contributed by atoms with E-state index in [1.165, 1.54) is 0 Å². The monoisotopic (exact) mass is 526 g/mol. The minimum atomic E-state index is -7.40. The van der Waals surface area contributed by atoms with E-state index in [4.69, 9.17) is 0 Å². The third-order valence-corrected chi connectivity index (χ3v) is 10.8. The number of benzene rings is 1. The molecule has 0 atom stereocenters. The quantitative estimate of drug-likeness (QED) is 0.463. The first kappa shape index (κ1) is 27.7. The van der Waals surface area contributed by atoms with Crippen LogP contribution in [0.15, 0.2) is 60.2 Å². The molecule has 180 valence electrons. The Balaban J connectivity index is 0.000000730. The Kier molecular flexibility index (Phi) is 8.36. The highest BCUT2D eigenvalue weighted by molar-refractivity contribution is 8.29. The highest BCUT2D eigenvalue weighted by Gasteiger charge is 2.58. The zero-order valence-electron chi connectivity index (χ0n) is 15.6. The van der Waals surface area contributed by atoms with Crippen molar-refractivity contribution in [1.82, 2.24) is 5.32 Å². The molecule has 0 aromatic heterocycles. The van der Waals surface area contributed by atoms with Crippen LogP contribution in [0.4, 0.5) is 26.3 Å². The van der Waals surface area contributed by atoms with E-state index in [0.29, 0.717) is 12.1 Å². The summed E-state index contributed by atoms with van der Waals surface area (Å²) in [5.74, 6) is 0. The molecular formula is C16H14F6NO6S3-. The second kappa shape index (κ2) is 9.66. The predicted octanol–water partition coefficient (Wildman–Crippen LogP) is 3.08. The Morgan fingerprint density at radius 2 is 1.31 bits per heavy atom. The number of dihydropyridines is 1. The van der Waals surface area contributed by atoms with Crippen molar-refractivity contribution in [3.05, 3.63) is 64.7 Å². The number of nitrogens with one attached hydrogen (secondary N) is 1. The Hall–Kier alpha value is -2.33. The summed E-state index contributed by atoms with van der Waals surface area (Å²) < 4.78 is 142. The van der Waals surface area contributed by atoms with Crippen LogP contribution >= 0.6 is 0 Å². The fourth-order valence-electron chi connectivity index (χ4n) is 1.91. The Morgan fingerprint density at radius 1 is 0.844 bits per heavy atom. The number of allylic oxidation sites excluding steroid dienone is 2. The van der Waals surface area contributed by atoms with E-state index < -0.39 is 49.3 Å². The van der Waals surface area contributed by atoms with Crippen molar-refractivity contribution in [2.24, 2.45) is 0 Å². The summed E-state index contributed by atoms with van der Waals surface area (Å²) in [5.41, 5.74) is -13.1. The van der Waals surface area contributed by atoms with Crippen molar-refractivity contribution in [3.8, 4) is 0 Å². The van der Waals surface area contributed by atoms with Crippen molar-refractivity contribution < 1.29 is 51.6 Å². The molecule has 0 saturated carbocycles. The molecule has 7 nitrogen and oxygen atoms in total. The van der Waals surface area contributed by atoms with Crippen LogP contribution in [0.2, 0.25) is 0 Å². The van der Waals surface area contributed by atoms with Crippen LogP contribution in [0, 0.1) is 3.91 Å². The maximum atomic E-state index is 12.6. The van der Waals surface area contributed by atoms with Crippen molar-refractivity contribution in [2.45, 2.75) is 15.9 Å². The number of hydrogen-bond donors (Lipinski definition) is 1. The molecule has 0 fully saturated rings. The molecule has 1 aliphatic rings. The molecule has 1 N–H and O–H groups in total. The van der Waals surface area contributed by atoms with Gasteiger partial charge in [-0.05, 0) is 30.0 Å². The van der Waals surface area contributed by atoms with Crippen molar-refractivity contribution in [1.29, 1.82) is 0 Å². The van der Waals surface area contributed by atoms with E-state index >= 15 is 0 Å². The van der Waals surface area contributed by atoms with Crippen LogP contribution in [0.3, 0.4) is 0 Å². The zero-order valence-corrected chi connectivity index (χ0v) is 18.0. The fraction of sp³-hybridized carbons (Fsp3) is 0.188. The van der Waals surface area contributed by atoms with Gasteiger partial charge in [-0.25, -0.2) is 0 Å². The molecule has 1 aromatic carbocycles. The average molecular weight is 526 g/mol. The van der Waals surface area contributed by atoms with Gasteiger partial charge in [0.1, 0.15) is 0 Å². The van der Waals surface area contributed by atoms with Gasteiger partial charge in [0.15, 0.2) is 19.7 Å². The van der Waals surface area contributed by atoms with E-state index in [1.54, 1.807) is 0 Å². The number of alkyl halides is 6. The van der Waals surface area contributed by atoms with Crippen LogP contribution in [-0.2, 0) is 29.5 Å². The van der Waals surface area contributed by atoms with Crippen LogP contribution in [-0.4, -0.2) is 42.8 Å². The van der Waals surface area contributed by atoms with Gasteiger partial charge in [-0.15, -0.1) is 0 Å². The van der Waals surface area contributed by atoms with Crippen LogP contribution in [0.25, 0.3) is 6.08 Å². The molecule has 16 heteroatoms. The molecule has 1 aromatic rings. The topological polar surface area (TPSA) is 114 Å². The maximum Gasteiger partial charge on any atom is 0.470 e. The van der Waals surface area contributed by atoms with E-state index in [0.717, 1.165) is 24.8 Å². The molecule has 0 saturated heterocycles. The van der Waals surface area contributed by atoms with Crippen LogP contribution < -0.4 is 5.32 Å². The van der Waals surface area contributed by atoms with Gasteiger partial charge < -0.3 is 5.32 Å². The molecule has 0 unspecified atom stereocenters. The normalized spacial score (nSPS) is 15.0. The lowest BCUT2D eigenvalue weighted by atomic mass is 10.2.